The fraction of sp³-hybridized carbons (Fsp3) is 0.722. The Morgan fingerprint density at radius 3 is 2.87 bits per heavy atom. The van der Waals surface area contributed by atoms with Crippen LogP contribution in [0.1, 0.15) is 38.4 Å². The minimum absolute atomic E-state index is 0.232. The lowest BCUT2D eigenvalue weighted by molar-refractivity contribution is 0.0796. The molecule has 1 saturated carbocycles. The summed E-state index contributed by atoms with van der Waals surface area (Å²) in [6.45, 7) is 4.12. The quantitative estimate of drug-likeness (QED) is 0.625. The molecule has 2 atom stereocenters. The summed E-state index contributed by atoms with van der Waals surface area (Å²) in [5.74, 6) is 2.66. The first-order chi connectivity index (χ1) is 11.1. The van der Waals surface area contributed by atoms with E-state index in [1.54, 1.807) is 6.26 Å². The van der Waals surface area contributed by atoms with Gasteiger partial charge in [0.25, 0.3) is 0 Å². The Morgan fingerprint density at radius 1 is 1.43 bits per heavy atom. The summed E-state index contributed by atoms with van der Waals surface area (Å²) in [6.07, 6.45) is 7.74. The largest absolute Gasteiger partial charge is 0.469 e. The van der Waals surface area contributed by atoms with Gasteiger partial charge in [-0.3, -0.25) is 4.99 Å². The third kappa shape index (κ3) is 4.99. The van der Waals surface area contributed by atoms with Crippen molar-refractivity contribution >= 4 is 5.96 Å². The monoisotopic (exact) mass is 320 g/mol. The van der Waals surface area contributed by atoms with Crippen molar-refractivity contribution in [2.45, 2.75) is 44.6 Å². The van der Waals surface area contributed by atoms with Crippen LogP contribution in [0.15, 0.2) is 27.8 Å². The summed E-state index contributed by atoms with van der Waals surface area (Å²) in [5.41, 5.74) is 0.232. The molecule has 23 heavy (non-hydrogen) atoms. The highest BCUT2D eigenvalue weighted by molar-refractivity contribution is 5.79. The number of likely N-dealkylation sites (N-methyl/N-ethyl adjacent to an activating group) is 1. The molecule has 0 spiro atoms. The fourth-order valence-electron chi connectivity index (χ4n) is 3.58. The second-order valence-corrected chi connectivity index (χ2v) is 7.00. The van der Waals surface area contributed by atoms with E-state index in [2.05, 4.69) is 41.5 Å². The number of nitrogens with one attached hydrogen (secondary N) is 2. The molecule has 1 aliphatic rings. The first-order valence-corrected chi connectivity index (χ1v) is 8.70. The molecule has 5 heteroatoms. The molecule has 0 radical (unpaired) electrons. The van der Waals surface area contributed by atoms with Gasteiger partial charge in [0.2, 0.25) is 0 Å². The average Bonchev–Trinajstić information content (AvgIpc) is 3.04. The smallest absolute Gasteiger partial charge is 0.191 e. The van der Waals surface area contributed by atoms with Gasteiger partial charge >= 0.3 is 0 Å². The lowest BCUT2D eigenvalue weighted by Crippen LogP contribution is -2.56. The van der Waals surface area contributed by atoms with E-state index < -0.39 is 0 Å². The van der Waals surface area contributed by atoms with Gasteiger partial charge < -0.3 is 20.0 Å². The molecule has 2 unspecified atom stereocenters. The zero-order valence-corrected chi connectivity index (χ0v) is 15.1. The highest BCUT2D eigenvalue weighted by atomic mass is 16.3. The minimum Gasteiger partial charge on any atom is -0.469 e. The molecule has 1 aliphatic carbocycles. The fourth-order valence-corrected chi connectivity index (χ4v) is 3.58. The van der Waals surface area contributed by atoms with Gasteiger partial charge in [-0.1, -0.05) is 19.8 Å². The van der Waals surface area contributed by atoms with Gasteiger partial charge in [-0.15, -0.1) is 0 Å². The van der Waals surface area contributed by atoms with Gasteiger partial charge in [0.1, 0.15) is 5.76 Å². The maximum atomic E-state index is 5.36. The number of aliphatic imine (C=N–C) groups is 1. The molecule has 0 saturated heterocycles. The normalized spacial score (nSPS) is 25.6. The Bertz CT molecular complexity index is 483. The van der Waals surface area contributed by atoms with Crippen molar-refractivity contribution in [2.75, 3.05) is 34.2 Å². The lowest BCUT2D eigenvalue weighted by atomic mass is 9.75. The van der Waals surface area contributed by atoms with Crippen LogP contribution in [0.3, 0.4) is 0 Å². The summed E-state index contributed by atoms with van der Waals surface area (Å²) in [5, 5.41) is 6.90. The van der Waals surface area contributed by atoms with Crippen LogP contribution >= 0.6 is 0 Å². The van der Waals surface area contributed by atoms with Crippen LogP contribution in [-0.2, 0) is 6.42 Å². The minimum atomic E-state index is 0.232. The highest BCUT2D eigenvalue weighted by Crippen LogP contribution is 2.35. The summed E-state index contributed by atoms with van der Waals surface area (Å²) in [6, 6.07) is 3.93. The second kappa shape index (κ2) is 8.39. The van der Waals surface area contributed by atoms with Crippen LogP contribution in [0.5, 0.6) is 0 Å². The number of rotatable bonds is 6. The number of hydrogen-bond donors (Lipinski definition) is 2. The van der Waals surface area contributed by atoms with Gasteiger partial charge in [0.05, 0.1) is 6.26 Å². The van der Waals surface area contributed by atoms with E-state index in [1.165, 1.54) is 25.7 Å². The van der Waals surface area contributed by atoms with E-state index in [9.17, 15) is 0 Å². The number of hydrogen-bond acceptors (Lipinski definition) is 3. The molecule has 0 amide bonds. The highest BCUT2D eigenvalue weighted by Gasteiger charge is 2.36. The maximum absolute atomic E-state index is 5.36. The maximum Gasteiger partial charge on any atom is 0.191 e. The number of nitrogens with zero attached hydrogens (tertiary/aromatic N) is 2. The molecular formula is C18H32N4O. The van der Waals surface area contributed by atoms with E-state index in [-0.39, 0.29) is 5.54 Å². The molecule has 1 heterocycles. The van der Waals surface area contributed by atoms with Crippen molar-refractivity contribution in [3.05, 3.63) is 24.2 Å². The van der Waals surface area contributed by atoms with Gasteiger partial charge in [0, 0.05) is 32.1 Å². The second-order valence-electron chi connectivity index (χ2n) is 7.00. The zero-order chi connectivity index (χ0) is 16.7. The van der Waals surface area contributed by atoms with Crippen molar-refractivity contribution < 1.29 is 4.42 Å². The molecule has 5 nitrogen and oxygen atoms in total. The number of furan rings is 1. The lowest BCUT2D eigenvalue weighted by Gasteiger charge is -2.45. The molecule has 1 fully saturated rings. The van der Waals surface area contributed by atoms with Crippen molar-refractivity contribution in [3.8, 4) is 0 Å². The summed E-state index contributed by atoms with van der Waals surface area (Å²) in [4.78, 5) is 6.74. The first-order valence-electron chi connectivity index (χ1n) is 8.70. The van der Waals surface area contributed by atoms with Gasteiger partial charge in [-0.25, -0.2) is 0 Å². The first kappa shape index (κ1) is 17.9. The van der Waals surface area contributed by atoms with E-state index in [1.807, 2.05) is 19.2 Å². The predicted octanol–water partition coefficient (Wildman–Crippen LogP) is 2.50. The van der Waals surface area contributed by atoms with Crippen LogP contribution < -0.4 is 10.6 Å². The van der Waals surface area contributed by atoms with E-state index in [0.717, 1.165) is 37.1 Å². The Morgan fingerprint density at radius 2 is 2.26 bits per heavy atom. The summed E-state index contributed by atoms with van der Waals surface area (Å²) < 4.78 is 5.36. The average molecular weight is 320 g/mol. The van der Waals surface area contributed by atoms with Gasteiger partial charge in [-0.05, 0) is 45.0 Å². The SMILES string of the molecule is CN=C(NCCc1ccco1)NCC1(N(C)C)CCCC(C)C1. The summed E-state index contributed by atoms with van der Waals surface area (Å²) in [7, 11) is 6.23. The molecular weight excluding hydrogens is 288 g/mol. The van der Waals surface area contributed by atoms with Crippen molar-refractivity contribution in [1.29, 1.82) is 0 Å². The van der Waals surface area contributed by atoms with Crippen LogP contribution in [-0.4, -0.2) is 50.6 Å². The Labute approximate surface area is 140 Å². The zero-order valence-electron chi connectivity index (χ0n) is 15.1. The molecule has 2 N–H and O–H groups in total. The van der Waals surface area contributed by atoms with Gasteiger partial charge in [-0.2, -0.15) is 0 Å². The third-order valence-electron chi connectivity index (χ3n) is 5.07. The Hall–Kier alpha value is -1.49. The molecule has 1 aromatic heterocycles. The van der Waals surface area contributed by atoms with E-state index in [0.29, 0.717) is 0 Å². The molecule has 1 aromatic rings. The van der Waals surface area contributed by atoms with E-state index >= 15 is 0 Å². The third-order valence-corrected chi connectivity index (χ3v) is 5.07. The van der Waals surface area contributed by atoms with Crippen molar-refractivity contribution in [1.82, 2.24) is 15.5 Å². The standard InChI is InChI=1S/C18H32N4O/c1-15-7-5-10-18(13-15,22(3)4)14-21-17(19-2)20-11-9-16-8-6-12-23-16/h6,8,12,15H,5,7,9-11,13-14H2,1-4H3,(H2,19,20,21). The van der Waals surface area contributed by atoms with Crippen molar-refractivity contribution in [2.24, 2.45) is 10.9 Å². The van der Waals surface area contributed by atoms with Crippen LogP contribution in [0.4, 0.5) is 0 Å². The van der Waals surface area contributed by atoms with Crippen LogP contribution in [0, 0.1) is 5.92 Å². The Kier molecular flexibility index (Phi) is 6.51. The molecule has 130 valence electrons. The topological polar surface area (TPSA) is 52.8 Å². The molecule has 0 bridgehead atoms. The number of guanidine groups is 1. The van der Waals surface area contributed by atoms with Gasteiger partial charge in [0.15, 0.2) is 5.96 Å². The van der Waals surface area contributed by atoms with E-state index in [4.69, 9.17) is 4.42 Å². The Balaban J connectivity index is 1.83. The summed E-state index contributed by atoms with van der Waals surface area (Å²) >= 11 is 0. The molecule has 2 rings (SSSR count). The van der Waals surface area contributed by atoms with Crippen molar-refractivity contribution in [3.63, 3.8) is 0 Å². The molecule has 0 aromatic carbocycles. The van der Waals surface area contributed by atoms with Crippen LogP contribution in [0.2, 0.25) is 0 Å². The predicted molar refractivity (Wildman–Crippen MR) is 95.8 cm³/mol. The van der Waals surface area contributed by atoms with Crippen LogP contribution in [0.25, 0.3) is 0 Å². The molecule has 0 aliphatic heterocycles.